The maximum Gasteiger partial charge on any atom is 0.251 e. The van der Waals surface area contributed by atoms with E-state index < -0.39 is 0 Å². The monoisotopic (exact) mass is 349 g/mol. The molecule has 0 aliphatic heterocycles. The Bertz CT molecular complexity index is 614. The normalized spacial score (nSPS) is 10.3. The van der Waals surface area contributed by atoms with Crippen molar-refractivity contribution in [3.63, 3.8) is 0 Å². The van der Waals surface area contributed by atoms with Gasteiger partial charge >= 0.3 is 0 Å². The van der Waals surface area contributed by atoms with Gasteiger partial charge < -0.3 is 10.1 Å². The number of rotatable bonds is 8. The highest BCUT2D eigenvalue weighted by atomic mass is 35.5. The van der Waals surface area contributed by atoms with Crippen LogP contribution in [0.2, 0.25) is 5.02 Å². The zero-order valence-electron chi connectivity index (χ0n) is 13.0. The first-order valence-corrected chi connectivity index (χ1v) is 9.05. The zero-order valence-corrected chi connectivity index (χ0v) is 14.6. The van der Waals surface area contributed by atoms with Crippen LogP contribution < -0.4 is 10.1 Å². The van der Waals surface area contributed by atoms with E-state index in [9.17, 15) is 4.79 Å². The van der Waals surface area contributed by atoms with E-state index in [1.54, 1.807) is 23.9 Å². The molecule has 0 bridgehead atoms. The molecule has 0 aliphatic carbocycles. The Hall–Kier alpha value is -1.65. The second kappa shape index (κ2) is 9.48. The number of carbonyl (C=O) groups is 1. The van der Waals surface area contributed by atoms with Crippen LogP contribution in [0.5, 0.6) is 5.75 Å². The number of benzene rings is 2. The Balaban J connectivity index is 1.67. The maximum atomic E-state index is 12.0. The van der Waals surface area contributed by atoms with Crippen molar-refractivity contribution >= 4 is 29.3 Å². The van der Waals surface area contributed by atoms with Gasteiger partial charge in [-0.25, -0.2) is 0 Å². The summed E-state index contributed by atoms with van der Waals surface area (Å²) in [7, 11) is 0. The number of ether oxygens (including phenoxy) is 1. The lowest BCUT2D eigenvalue weighted by Gasteiger charge is -2.07. The Morgan fingerprint density at radius 2 is 1.83 bits per heavy atom. The standard InChI is InChI=1S/C18H20ClNO2S/c1-2-22-17-9-5-15(6-10-17)18(21)20-11-12-23-13-14-3-7-16(19)8-4-14/h3-10H,2,11-13H2,1H3,(H,20,21). The van der Waals surface area contributed by atoms with Crippen molar-refractivity contribution in [3.05, 3.63) is 64.7 Å². The number of hydrogen-bond donors (Lipinski definition) is 1. The minimum absolute atomic E-state index is 0.0554. The van der Waals surface area contributed by atoms with E-state index in [2.05, 4.69) is 5.32 Å². The molecule has 0 aromatic heterocycles. The number of amides is 1. The number of halogens is 1. The summed E-state index contributed by atoms with van der Waals surface area (Å²) < 4.78 is 5.36. The molecule has 0 unspecified atom stereocenters. The summed E-state index contributed by atoms with van der Waals surface area (Å²) in [6.07, 6.45) is 0. The average molecular weight is 350 g/mol. The summed E-state index contributed by atoms with van der Waals surface area (Å²) in [5.41, 5.74) is 1.88. The molecule has 2 aromatic carbocycles. The van der Waals surface area contributed by atoms with Crippen molar-refractivity contribution in [1.82, 2.24) is 5.32 Å². The smallest absolute Gasteiger partial charge is 0.251 e. The van der Waals surface area contributed by atoms with E-state index in [1.807, 2.05) is 43.3 Å². The molecule has 2 rings (SSSR count). The highest BCUT2D eigenvalue weighted by Crippen LogP contribution is 2.15. The van der Waals surface area contributed by atoms with Crippen LogP contribution in [0.15, 0.2) is 48.5 Å². The third-order valence-electron chi connectivity index (χ3n) is 3.14. The van der Waals surface area contributed by atoms with Crippen LogP contribution in [0.3, 0.4) is 0 Å². The first-order chi connectivity index (χ1) is 11.2. The summed E-state index contributed by atoms with van der Waals surface area (Å²) >= 11 is 7.63. The van der Waals surface area contributed by atoms with Crippen molar-refractivity contribution in [1.29, 1.82) is 0 Å². The van der Waals surface area contributed by atoms with Crippen molar-refractivity contribution in [3.8, 4) is 5.75 Å². The third kappa shape index (κ3) is 6.16. The lowest BCUT2D eigenvalue weighted by molar-refractivity contribution is 0.0956. The van der Waals surface area contributed by atoms with Gasteiger partial charge in [-0.3, -0.25) is 4.79 Å². The van der Waals surface area contributed by atoms with Gasteiger partial charge in [0.1, 0.15) is 5.75 Å². The molecule has 122 valence electrons. The lowest BCUT2D eigenvalue weighted by Crippen LogP contribution is -2.25. The first kappa shape index (κ1) is 17.7. The summed E-state index contributed by atoms with van der Waals surface area (Å²) in [5, 5.41) is 3.68. The molecule has 0 spiro atoms. The zero-order chi connectivity index (χ0) is 16.5. The van der Waals surface area contributed by atoms with Crippen molar-refractivity contribution < 1.29 is 9.53 Å². The topological polar surface area (TPSA) is 38.3 Å². The van der Waals surface area contributed by atoms with Gasteiger partial charge in [-0.1, -0.05) is 23.7 Å². The van der Waals surface area contributed by atoms with Crippen LogP contribution in [0, 0.1) is 0 Å². The van der Waals surface area contributed by atoms with Gasteiger partial charge in [0.15, 0.2) is 0 Å². The SMILES string of the molecule is CCOc1ccc(C(=O)NCCSCc2ccc(Cl)cc2)cc1. The molecule has 23 heavy (non-hydrogen) atoms. The Kier molecular flexibility index (Phi) is 7.30. The Labute approximate surface area is 146 Å². The van der Waals surface area contributed by atoms with Crippen molar-refractivity contribution in [2.45, 2.75) is 12.7 Å². The minimum Gasteiger partial charge on any atom is -0.494 e. The first-order valence-electron chi connectivity index (χ1n) is 7.52. The molecule has 3 nitrogen and oxygen atoms in total. The molecule has 0 saturated carbocycles. The van der Waals surface area contributed by atoms with Crippen LogP contribution in [0.1, 0.15) is 22.8 Å². The largest absolute Gasteiger partial charge is 0.494 e. The fourth-order valence-electron chi connectivity index (χ4n) is 1.98. The minimum atomic E-state index is -0.0554. The predicted octanol–water partition coefficient (Wildman–Crippen LogP) is 4.40. The highest BCUT2D eigenvalue weighted by molar-refractivity contribution is 7.98. The summed E-state index contributed by atoms with van der Waals surface area (Å²) in [6.45, 7) is 3.20. The van der Waals surface area contributed by atoms with E-state index >= 15 is 0 Å². The van der Waals surface area contributed by atoms with E-state index in [4.69, 9.17) is 16.3 Å². The summed E-state index contributed by atoms with van der Waals surface area (Å²) in [4.78, 5) is 12.0. The van der Waals surface area contributed by atoms with E-state index in [0.717, 1.165) is 22.3 Å². The van der Waals surface area contributed by atoms with E-state index in [1.165, 1.54) is 5.56 Å². The molecular formula is C18H20ClNO2S. The van der Waals surface area contributed by atoms with Crippen LogP contribution in [0.4, 0.5) is 0 Å². The Morgan fingerprint density at radius 3 is 2.48 bits per heavy atom. The Morgan fingerprint density at radius 1 is 1.13 bits per heavy atom. The molecule has 0 heterocycles. The van der Waals surface area contributed by atoms with Gasteiger partial charge in [0.05, 0.1) is 6.61 Å². The second-order valence-electron chi connectivity index (χ2n) is 4.89. The molecule has 0 atom stereocenters. The highest BCUT2D eigenvalue weighted by Gasteiger charge is 2.04. The van der Waals surface area contributed by atoms with Gasteiger partial charge in [-0.2, -0.15) is 11.8 Å². The number of carbonyl (C=O) groups excluding carboxylic acids is 1. The van der Waals surface area contributed by atoms with E-state index in [-0.39, 0.29) is 5.91 Å². The molecule has 2 aromatic rings. The van der Waals surface area contributed by atoms with Crippen LogP contribution in [-0.2, 0) is 5.75 Å². The molecule has 0 fully saturated rings. The molecule has 1 N–H and O–H groups in total. The fourth-order valence-corrected chi connectivity index (χ4v) is 2.92. The predicted molar refractivity (Wildman–Crippen MR) is 97.6 cm³/mol. The molecular weight excluding hydrogens is 330 g/mol. The van der Waals surface area contributed by atoms with E-state index in [0.29, 0.717) is 18.7 Å². The van der Waals surface area contributed by atoms with Gasteiger partial charge in [0.25, 0.3) is 5.91 Å². The van der Waals surface area contributed by atoms with Gasteiger partial charge in [0, 0.05) is 28.6 Å². The number of nitrogens with one attached hydrogen (secondary N) is 1. The van der Waals surface area contributed by atoms with Crippen LogP contribution in [-0.4, -0.2) is 24.8 Å². The van der Waals surface area contributed by atoms with Gasteiger partial charge in [-0.05, 0) is 48.9 Å². The maximum absolute atomic E-state index is 12.0. The third-order valence-corrected chi connectivity index (χ3v) is 4.42. The number of thioether (sulfide) groups is 1. The summed E-state index contributed by atoms with van der Waals surface area (Å²) in [6, 6.07) is 15.0. The second-order valence-corrected chi connectivity index (χ2v) is 6.43. The average Bonchev–Trinajstić information content (AvgIpc) is 2.57. The van der Waals surface area contributed by atoms with Crippen molar-refractivity contribution in [2.75, 3.05) is 18.9 Å². The van der Waals surface area contributed by atoms with Gasteiger partial charge in [-0.15, -0.1) is 0 Å². The molecule has 5 heteroatoms. The molecule has 0 radical (unpaired) electrons. The van der Waals surface area contributed by atoms with Crippen LogP contribution >= 0.6 is 23.4 Å². The quantitative estimate of drug-likeness (QED) is 0.718. The lowest BCUT2D eigenvalue weighted by atomic mass is 10.2. The van der Waals surface area contributed by atoms with Gasteiger partial charge in [0.2, 0.25) is 0 Å². The van der Waals surface area contributed by atoms with Crippen LogP contribution in [0.25, 0.3) is 0 Å². The molecule has 0 saturated heterocycles. The molecule has 1 amide bonds. The fraction of sp³-hybridized carbons (Fsp3) is 0.278. The molecule has 0 aliphatic rings. The van der Waals surface area contributed by atoms with Crippen molar-refractivity contribution in [2.24, 2.45) is 0 Å². The number of hydrogen-bond acceptors (Lipinski definition) is 3. The summed E-state index contributed by atoms with van der Waals surface area (Å²) in [5.74, 6) is 2.50.